The lowest BCUT2D eigenvalue weighted by Crippen LogP contribution is -2.28. The second-order valence-electron chi connectivity index (χ2n) is 5.25. The lowest BCUT2D eigenvalue weighted by Gasteiger charge is -2.22. The van der Waals surface area contributed by atoms with Gasteiger partial charge in [0, 0.05) is 25.6 Å². The molecule has 2 amide bonds. The number of rotatable bonds is 5. The van der Waals surface area contributed by atoms with Gasteiger partial charge in [0.25, 0.3) is 0 Å². The normalized spacial score (nSPS) is 16.6. The number of hydrogen-bond acceptors (Lipinski definition) is 4. The zero-order chi connectivity index (χ0) is 15.4. The number of hydrogen-bond donors (Lipinski definition) is 4. The van der Waals surface area contributed by atoms with Gasteiger partial charge in [-0.15, -0.1) is 0 Å². The fraction of sp³-hybridized carbons (Fsp3) is 0.467. The molecular formula is C15H20N2O4. The van der Waals surface area contributed by atoms with E-state index in [9.17, 15) is 19.8 Å². The van der Waals surface area contributed by atoms with E-state index in [0.717, 1.165) is 11.3 Å². The molecule has 6 heteroatoms. The lowest BCUT2D eigenvalue weighted by atomic mass is 9.95. The van der Waals surface area contributed by atoms with Crippen LogP contribution in [0.25, 0.3) is 0 Å². The van der Waals surface area contributed by atoms with Crippen LogP contribution in [0.4, 0.5) is 5.69 Å². The van der Waals surface area contributed by atoms with Crippen LogP contribution in [0.2, 0.25) is 0 Å². The summed E-state index contributed by atoms with van der Waals surface area (Å²) in [5.74, 6) is -0.174. The second-order valence-corrected chi connectivity index (χ2v) is 5.25. The van der Waals surface area contributed by atoms with Crippen LogP contribution < -0.4 is 10.6 Å². The van der Waals surface area contributed by atoms with Crippen molar-refractivity contribution in [3.63, 3.8) is 0 Å². The number of aliphatic hydroxyl groups excluding tert-OH is 2. The highest BCUT2D eigenvalue weighted by Crippen LogP contribution is 2.27. The molecule has 1 aromatic rings. The molecule has 1 aliphatic rings. The Morgan fingerprint density at radius 3 is 2.86 bits per heavy atom. The van der Waals surface area contributed by atoms with Gasteiger partial charge in [0.1, 0.15) is 6.10 Å². The molecule has 21 heavy (non-hydrogen) atoms. The van der Waals surface area contributed by atoms with Crippen LogP contribution in [-0.4, -0.2) is 34.7 Å². The van der Waals surface area contributed by atoms with Crippen molar-refractivity contribution >= 4 is 17.5 Å². The average molecular weight is 292 g/mol. The van der Waals surface area contributed by atoms with E-state index in [4.69, 9.17) is 0 Å². The molecule has 0 aromatic heterocycles. The van der Waals surface area contributed by atoms with E-state index in [1.54, 1.807) is 18.2 Å². The van der Waals surface area contributed by atoms with Gasteiger partial charge in [-0.3, -0.25) is 9.59 Å². The maximum Gasteiger partial charge on any atom is 0.224 e. The maximum absolute atomic E-state index is 11.3. The first-order valence-corrected chi connectivity index (χ1v) is 7.00. The average Bonchev–Trinajstić information content (AvgIpc) is 2.45. The molecule has 2 atom stereocenters. The maximum atomic E-state index is 11.3. The molecule has 1 aliphatic heterocycles. The molecule has 0 radical (unpaired) electrons. The molecule has 0 spiro atoms. The first-order valence-electron chi connectivity index (χ1n) is 7.00. The number of aryl methyl sites for hydroxylation is 1. The van der Waals surface area contributed by atoms with E-state index >= 15 is 0 Å². The zero-order valence-electron chi connectivity index (χ0n) is 11.9. The third-order valence-corrected chi connectivity index (χ3v) is 3.54. The number of benzene rings is 1. The molecule has 1 aromatic carbocycles. The highest BCUT2D eigenvalue weighted by atomic mass is 16.3. The standard InChI is InChI=1S/C15H20N2O4/c1-9(18)16-7-6-13(19)15(21)11-2-4-12-10(8-11)3-5-14(20)17-12/h2,4,8,13,15,19,21H,3,5-7H2,1H3,(H,16,18)(H,17,20). The number of amides is 2. The smallest absolute Gasteiger partial charge is 0.224 e. The Bertz CT molecular complexity index is 544. The van der Waals surface area contributed by atoms with E-state index in [2.05, 4.69) is 10.6 Å². The number of nitrogens with one attached hydrogen (secondary N) is 2. The van der Waals surface area contributed by atoms with Gasteiger partial charge in [-0.25, -0.2) is 0 Å². The van der Waals surface area contributed by atoms with Gasteiger partial charge in [-0.1, -0.05) is 12.1 Å². The number of carbonyl (C=O) groups excluding carboxylic acids is 2. The fourth-order valence-electron chi connectivity index (χ4n) is 2.36. The molecule has 0 aliphatic carbocycles. The number of aliphatic hydroxyl groups is 2. The van der Waals surface area contributed by atoms with Gasteiger partial charge in [0.05, 0.1) is 6.10 Å². The highest BCUT2D eigenvalue weighted by molar-refractivity contribution is 5.93. The summed E-state index contributed by atoms with van der Waals surface area (Å²) in [6, 6.07) is 5.24. The van der Waals surface area contributed by atoms with Gasteiger partial charge in [0.15, 0.2) is 0 Å². The molecule has 114 valence electrons. The van der Waals surface area contributed by atoms with Crippen molar-refractivity contribution in [3.05, 3.63) is 29.3 Å². The summed E-state index contributed by atoms with van der Waals surface area (Å²) in [5, 5.41) is 25.5. The minimum Gasteiger partial charge on any atom is -0.390 e. The van der Waals surface area contributed by atoms with E-state index in [1.807, 2.05) is 0 Å². The van der Waals surface area contributed by atoms with Crippen LogP contribution in [0, 0.1) is 0 Å². The van der Waals surface area contributed by atoms with Crippen LogP contribution in [0.1, 0.15) is 37.0 Å². The number of fused-ring (bicyclic) bond motifs is 1. The third kappa shape index (κ3) is 4.03. The van der Waals surface area contributed by atoms with Crippen LogP contribution in [-0.2, 0) is 16.0 Å². The summed E-state index contributed by atoms with van der Waals surface area (Å²) in [6.45, 7) is 1.72. The van der Waals surface area contributed by atoms with Crippen molar-refractivity contribution < 1.29 is 19.8 Å². The minimum atomic E-state index is -1.01. The first-order chi connectivity index (χ1) is 9.97. The van der Waals surface area contributed by atoms with Crippen molar-refractivity contribution in [2.45, 2.75) is 38.4 Å². The molecule has 0 fully saturated rings. The Hall–Kier alpha value is -1.92. The molecule has 6 nitrogen and oxygen atoms in total. The predicted molar refractivity (Wildman–Crippen MR) is 77.7 cm³/mol. The quantitative estimate of drug-likeness (QED) is 0.635. The van der Waals surface area contributed by atoms with Crippen LogP contribution in [0.3, 0.4) is 0 Å². The Morgan fingerprint density at radius 1 is 1.38 bits per heavy atom. The van der Waals surface area contributed by atoms with E-state index in [0.29, 0.717) is 24.9 Å². The van der Waals surface area contributed by atoms with Gasteiger partial charge in [-0.2, -0.15) is 0 Å². The Morgan fingerprint density at radius 2 is 2.14 bits per heavy atom. The Labute approximate surface area is 123 Å². The van der Waals surface area contributed by atoms with Crippen LogP contribution in [0.5, 0.6) is 0 Å². The Kier molecular flexibility index (Phi) is 4.93. The second kappa shape index (κ2) is 6.69. The third-order valence-electron chi connectivity index (χ3n) is 3.54. The minimum absolute atomic E-state index is 0.00820. The van der Waals surface area contributed by atoms with Crippen LogP contribution >= 0.6 is 0 Å². The van der Waals surface area contributed by atoms with Gasteiger partial charge in [-0.05, 0) is 30.0 Å². The molecule has 0 saturated heterocycles. The molecule has 0 saturated carbocycles. The number of carbonyl (C=O) groups is 2. The molecule has 1 heterocycles. The van der Waals surface area contributed by atoms with E-state index in [1.165, 1.54) is 6.92 Å². The summed E-state index contributed by atoms with van der Waals surface area (Å²) in [6.07, 6.45) is -0.634. The van der Waals surface area contributed by atoms with Crippen molar-refractivity contribution in [1.82, 2.24) is 5.32 Å². The van der Waals surface area contributed by atoms with Gasteiger partial charge in [0.2, 0.25) is 11.8 Å². The topological polar surface area (TPSA) is 98.7 Å². The van der Waals surface area contributed by atoms with Gasteiger partial charge < -0.3 is 20.8 Å². The summed E-state index contributed by atoms with van der Waals surface area (Å²) >= 11 is 0. The molecule has 4 N–H and O–H groups in total. The van der Waals surface area contributed by atoms with E-state index < -0.39 is 12.2 Å². The van der Waals surface area contributed by atoms with E-state index in [-0.39, 0.29) is 18.2 Å². The summed E-state index contributed by atoms with van der Waals surface area (Å²) in [7, 11) is 0. The van der Waals surface area contributed by atoms with Crippen LogP contribution in [0.15, 0.2) is 18.2 Å². The van der Waals surface area contributed by atoms with Crippen molar-refractivity contribution in [2.75, 3.05) is 11.9 Å². The largest absolute Gasteiger partial charge is 0.390 e. The monoisotopic (exact) mass is 292 g/mol. The van der Waals surface area contributed by atoms with Gasteiger partial charge >= 0.3 is 0 Å². The van der Waals surface area contributed by atoms with Crippen molar-refractivity contribution in [1.29, 1.82) is 0 Å². The predicted octanol–water partition coefficient (Wildman–Crippen LogP) is 0.492. The SMILES string of the molecule is CC(=O)NCCC(O)C(O)c1ccc2c(c1)CCC(=O)N2. The number of anilines is 1. The first kappa shape index (κ1) is 15.5. The Balaban J connectivity index is 2.00. The van der Waals surface area contributed by atoms with Crippen molar-refractivity contribution in [3.8, 4) is 0 Å². The molecule has 2 unspecified atom stereocenters. The van der Waals surface area contributed by atoms with Crippen molar-refractivity contribution in [2.24, 2.45) is 0 Å². The molecule has 2 rings (SSSR count). The zero-order valence-corrected chi connectivity index (χ0v) is 11.9. The summed E-state index contributed by atoms with van der Waals surface area (Å²) < 4.78 is 0. The summed E-state index contributed by atoms with van der Waals surface area (Å²) in [4.78, 5) is 22.1. The summed E-state index contributed by atoms with van der Waals surface area (Å²) in [5.41, 5.74) is 2.33. The fourth-order valence-corrected chi connectivity index (χ4v) is 2.36. The molecule has 0 bridgehead atoms. The highest BCUT2D eigenvalue weighted by Gasteiger charge is 2.21. The lowest BCUT2D eigenvalue weighted by molar-refractivity contribution is -0.119. The molecular weight excluding hydrogens is 272 g/mol.